The minimum atomic E-state index is 0.352. The molecule has 0 atom stereocenters. The van der Waals surface area contributed by atoms with E-state index < -0.39 is 0 Å². The number of carbonyl (C=O) groups excluding carboxylic acids is 1. The zero-order valence-electron chi connectivity index (χ0n) is 6.28. The normalized spacial score (nSPS) is 10.3. The Labute approximate surface area is 68.8 Å². The number of anilines is 1. The van der Waals surface area contributed by atoms with Crippen LogP contribution in [0.25, 0.3) is 10.8 Å². The molecule has 2 aromatic rings. The number of hydrogen-bond acceptors (Lipinski definition) is 3. The minimum Gasteiger partial charge on any atom is -0.460 e. The van der Waals surface area contributed by atoms with Gasteiger partial charge in [-0.25, -0.2) is 0 Å². The summed E-state index contributed by atoms with van der Waals surface area (Å²) < 4.78 is 5.00. The maximum absolute atomic E-state index is 10.4. The third-order valence-corrected chi connectivity index (χ3v) is 1.76. The fourth-order valence-corrected chi connectivity index (χ4v) is 1.18. The highest BCUT2D eigenvalue weighted by atomic mass is 16.3. The van der Waals surface area contributed by atoms with Gasteiger partial charge in [0, 0.05) is 16.5 Å². The molecule has 0 amide bonds. The molecular formula is C9H7NO2. The van der Waals surface area contributed by atoms with Gasteiger partial charge in [0.2, 0.25) is 0 Å². The van der Waals surface area contributed by atoms with Crippen LogP contribution in [0.5, 0.6) is 0 Å². The summed E-state index contributed by atoms with van der Waals surface area (Å²) in [5.74, 6) is 0.352. The molecule has 12 heavy (non-hydrogen) atoms. The standard InChI is InChI=1S/C9H7NO2/c10-7-1-2-8-6(3-7)5-12-9(8)4-11/h1-5H,10H2. The average molecular weight is 161 g/mol. The lowest BCUT2D eigenvalue weighted by Crippen LogP contribution is -1.82. The highest BCUT2D eigenvalue weighted by Gasteiger charge is 2.03. The molecule has 0 saturated heterocycles. The van der Waals surface area contributed by atoms with Gasteiger partial charge in [-0.1, -0.05) is 0 Å². The van der Waals surface area contributed by atoms with E-state index >= 15 is 0 Å². The topological polar surface area (TPSA) is 56.2 Å². The van der Waals surface area contributed by atoms with E-state index in [-0.39, 0.29) is 0 Å². The average Bonchev–Trinajstić information content (AvgIpc) is 2.46. The van der Waals surface area contributed by atoms with Crippen LogP contribution in [-0.2, 0) is 0 Å². The van der Waals surface area contributed by atoms with Crippen molar-refractivity contribution in [1.82, 2.24) is 0 Å². The van der Waals surface area contributed by atoms with Gasteiger partial charge in [-0.2, -0.15) is 0 Å². The van der Waals surface area contributed by atoms with Gasteiger partial charge in [0.15, 0.2) is 12.0 Å². The third kappa shape index (κ3) is 0.871. The smallest absolute Gasteiger partial charge is 0.185 e. The van der Waals surface area contributed by atoms with Crippen LogP contribution in [0.3, 0.4) is 0 Å². The second-order valence-electron chi connectivity index (χ2n) is 2.56. The van der Waals surface area contributed by atoms with Crippen molar-refractivity contribution in [2.75, 3.05) is 5.73 Å². The lowest BCUT2D eigenvalue weighted by Gasteiger charge is -1.90. The number of aldehydes is 1. The largest absolute Gasteiger partial charge is 0.460 e. The second kappa shape index (κ2) is 2.37. The number of benzene rings is 1. The van der Waals surface area contributed by atoms with Crippen molar-refractivity contribution in [3.8, 4) is 0 Å². The predicted molar refractivity (Wildman–Crippen MR) is 46.0 cm³/mol. The molecule has 0 bridgehead atoms. The number of carbonyl (C=O) groups is 1. The van der Waals surface area contributed by atoms with Crippen molar-refractivity contribution in [2.45, 2.75) is 0 Å². The lowest BCUT2D eigenvalue weighted by atomic mass is 10.2. The van der Waals surface area contributed by atoms with Crippen LogP contribution < -0.4 is 5.73 Å². The molecule has 0 fully saturated rings. The van der Waals surface area contributed by atoms with E-state index in [0.29, 0.717) is 17.7 Å². The van der Waals surface area contributed by atoms with Crippen molar-refractivity contribution in [1.29, 1.82) is 0 Å². The molecule has 3 heteroatoms. The number of nitrogen functional groups attached to an aromatic ring is 1. The molecule has 2 N–H and O–H groups in total. The zero-order chi connectivity index (χ0) is 8.55. The summed E-state index contributed by atoms with van der Waals surface area (Å²) in [6.07, 6.45) is 2.22. The lowest BCUT2D eigenvalue weighted by molar-refractivity contribution is 0.110. The predicted octanol–water partition coefficient (Wildman–Crippen LogP) is 1.83. The van der Waals surface area contributed by atoms with E-state index in [1.165, 1.54) is 6.26 Å². The van der Waals surface area contributed by atoms with Crippen LogP contribution in [0, 0.1) is 0 Å². The number of rotatable bonds is 1. The highest BCUT2D eigenvalue weighted by molar-refractivity contribution is 5.96. The quantitative estimate of drug-likeness (QED) is 0.512. The fraction of sp³-hybridized carbons (Fsp3) is 0. The first-order valence-electron chi connectivity index (χ1n) is 3.53. The monoisotopic (exact) mass is 161 g/mol. The van der Waals surface area contributed by atoms with Gasteiger partial charge in [-0.15, -0.1) is 0 Å². The van der Waals surface area contributed by atoms with Gasteiger partial charge in [-0.05, 0) is 18.2 Å². The molecule has 2 rings (SSSR count). The molecule has 60 valence electrons. The molecule has 0 aliphatic rings. The first kappa shape index (κ1) is 6.91. The zero-order valence-corrected chi connectivity index (χ0v) is 6.28. The number of fused-ring (bicyclic) bond motifs is 1. The molecule has 0 spiro atoms. The van der Waals surface area contributed by atoms with Crippen LogP contribution in [0.15, 0.2) is 28.9 Å². The molecule has 0 saturated carbocycles. The molecule has 0 unspecified atom stereocenters. The first-order chi connectivity index (χ1) is 5.81. The fourth-order valence-electron chi connectivity index (χ4n) is 1.18. The van der Waals surface area contributed by atoms with Gasteiger partial charge >= 0.3 is 0 Å². The van der Waals surface area contributed by atoms with Crippen molar-refractivity contribution in [3.63, 3.8) is 0 Å². The van der Waals surface area contributed by atoms with E-state index in [4.69, 9.17) is 10.2 Å². The summed E-state index contributed by atoms with van der Waals surface area (Å²) in [7, 11) is 0. The molecule has 1 aromatic heterocycles. The minimum absolute atomic E-state index is 0.352. The van der Waals surface area contributed by atoms with Gasteiger partial charge < -0.3 is 10.2 Å². The van der Waals surface area contributed by atoms with Crippen LogP contribution in [0.2, 0.25) is 0 Å². The molecular weight excluding hydrogens is 154 g/mol. The SMILES string of the molecule is Nc1ccc2c(C=O)occ2c1. The Morgan fingerprint density at radius 1 is 1.42 bits per heavy atom. The van der Waals surface area contributed by atoms with Crippen molar-refractivity contribution in [2.24, 2.45) is 0 Å². The summed E-state index contributed by atoms with van der Waals surface area (Å²) >= 11 is 0. The summed E-state index contributed by atoms with van der Waals surface area (Å²) in [6, 6.07) is 5.29. The van der Waals surface area contributed by atoms with Crippen LogP contribution in [-0.4, -0.2) is 6.29 Å². The molecule has 1 aromatic carbocycles. The third-order valence-electron chi connectivity index (χ3n) is 1.76. The summed E-state index contributed by atoms with van der Waals surface area (Å²) in [4.78, 5) is 10.4. The van der Waals surface area contributed by atoms with Gasteiger partial charge in [0.1, 0.15) is 0 Å². The molecule has 0 radical (unpaired) electrons. The second-order valence-corrected chi connectivity index (χ2v) is 2.56. The Morgan fingerprint density at radius 2 is 2.25 bits per heavy atom. The van der Waals surface area contributed by atoms with Crippen molar-refractivity contribution >= 4 is 22.7 Å². The summed E-state index contributed by atoms with van der Waals surface area (Å²) in [6.45, 7) is 0. The maximum atomic E-state index is 10.4. The summed E-state index contributed by atoms with van der Waals surface area (Å²) in [5, 5.41) is 1.66. The molecule has 0 aliphatic heterocycles. The molecule has 0 aliphatic carbocycles. The number of nitrogens with two attached hydrogens (primary N) is 1. The van der Waals surface area contributed by atoms with Crippen molar-refractivity contribution < 1.29 is 9.21 Å². The number of hydrogen-bond donors (Lipinski definition) is 1. The Kier molecular flexibility index (Phi) is 1.37. The van der Waals surface area contributed by atoms with E-state index in [9.17, 15) is 4.79 Å². The summed E-state index contributed by atoms with van der Waals surface area (Å²) in [5.41, 5.74) is 6.21. The Hall–Kier alpha value is -1.77. The van der Waals surface area contributed by atoms with Gasteiger partial charge in [0.25, 0.3) is 0 Å². The molecule has 1 heterocycles. The van der Waals surface area contributed by atoms with E-state index in [1.807, 2.05) is 0 Å². The molecule has 3 nitrogen and oxygen atoms in total. The first-order valence-corrected chi connectivity index (χ1v) is 3.53. The van der Waals surface area contributed by atoms with Gasteiger partial charge in [0.05, 0.1) is 6.26 Å². The van der Waals surface area contributed by atoms with E-state index in [1.54, 1.807) is 18.2 Å². The van der Waals surface area contributed by atoms with E-state index in [2.05, 4.69) is 0 Å². The van der Waals surface area contributed by atoms with E-state index in [0.717, 1.165) is 10.8 Å². The number of furan rings is 1. The Balaban J connectivity index is 2.81. The highest BCUT2D eigenvalue weighted by Crippen LogP contribution is 2.21. The van der Waals surface area contributed by atoms with Gasteiger partial charge in [-0.3, -0.25) is 4.79 Å². The van der Waals surface area contributed by atoms with Crippen molar-refractivity contribution in [3.05, 3.63) is 30.2 Å². The Morgan fingerprint density at radius 3 is 3.00 bits per heavy atom. The maximum Gasteiger partial charge on any atom is 0.185 e. The van der Waals surface area contributed by atoms with Crippen LogP contribution >= 0.6 is 0 Å². The van der Waals surface area contributed by atoms with Crippen LogP contribution in [0.4, 0.5) is 5.69 Å². The van der Waals surface area contributed by atoms with Crippen LogP contribution in [0.1, 0.15) is 10.6 Å². The Bertz CT molecular complexity index is 431.